The molecule has 1 aromatic rings. The van der Waals surface area contributed by atoms with Crippen LogP contribution in [-0.4, -0.2) is 34.5 Å². The molecule has 27 heavy (non-hydrogen) atoms. The standard InChI is InChI=1S/C21H25FN2O3/c1-21(2,3)27-20(26)24-16-5-4-6-17(24)11-14(10-16)19(25)13-7-8-18(22)15(9-13)12-23/h7-9,14,16-17H,4-6,10-11H2,1-3H3. The first-order chi connectivity index (χ1) is 12.7. The molecule has 6 heteroatoms. The summed E-state index contributed by atoms with van der Waals surface area (Å²) >= 11 is 0. The fraction of sp³-hybridized carbons (Fsp3) is 0.571. The Morgan fingerprint density at radius 3 is 2.41 bits per heavy atom. The summed E-state index contributed by atoms with van der Waals surface area (Å²) < 4.78 is 19.1. The fourth-order valence-corrected chi connectivity index (χ4v) is 4.21. The lowest BCUT2D eigenvalue weighted by Gasteiger charge is -2.48. The van der Waals surface area contributed by atoms with Gasteiger partial charge in [-0.15, -0.1) is 0 Å². The van der Waals surface area contributed by atoms with E-state index in [4.69, 9.17) is 10.00 Å². The minimum Gasteiger partial charge on any atom is -0.444 e. The number of hydrogen-bond acceptors (Lipinski definition) is 4. The van der Waals surface area contributed by atoms with Crippen molar-refractivity contribution in [2.45, 2.75) is 70.6 Å². The molecule has 2 saturated heterocycles. The Hall–Kier alpha value is -2.42. The highest BCUT2D eigenvalue weighted by molar-refractivity contribution is 5.98. The van der Waals surface area contributed by atoms with Crippen molar-refractivity contribution in [1.82, 2.24) is 4.90 Å². The maximum Gasteiger partial charge on any atom is 0.410 e. The topological polar surface area (TPSA) is 70.4 Å². The number of carbonyl (C=O) groups is 2. The number of fused-ring (bicyclic) bond motifs is 2. The highest BCUT2D eigenvalue weighted by Crippen LogP contribution is 2.39. The van der Waals surface area contributed by atoms with Crippen LogP contribution in [0.2, 0.25) is 0 Å². The average molecular weight is 372 g/mol. The van der Waals surface area contributed by atoms with Crippen molar-refractivity contribution in [3.05, 3.63) is 35.1 Å². The van der Waals surface area contributed by atoms with Gasteiger partial charge in [0.1, 0.15) is 17.5 Å². The van der Waals surface area contributed by atoms with Gasteiger partial charge in [0.05, 0.1) is 5.56 Å². The molecule has 0 spiro atoms. The van der Waals surface area contributed by atoms with Crippen molar-refractivity contribution in [2.24, 2.45) is 5.92 Å². The molecule has 2 aliphatic rings. The number of ether oxygens (including phenoxy) is 1. The number of hydrogen-bond donors (Lipinski definition) is 0. The van der Waals surface area contributed by atoms with E-state index in [9.17, 15) is 14.0 Å². The van der Waals surface area contributed by atoms with Crippen LogP contribution in [0.15, 0.2) is 18.2 Å². The van der Waals surface area contributed by atoms with Crippen molar-refractivity contribution in [1.29, 1.82) is 5.26 Å². The Morgan fingerprint density at radius 1 is 1.22 bits per heavy atom. The first-order valence-corrected chi connectivity index (χ1v) is 9.45. The van der Waals surface area contributed by atoms with Gasteiger partial charge >= 0.3 is 6.09 Å². The third-order valence-electron chi connectivity index (χ3n) is 5.32. The first-order valence-electron chi connectivity index (χ1n) is 9.45. The summed E-state index contributed by atoms with van der Waals surface area (Å²) in [7, 11) is 0. The molecule has 2 aliphatic heterocycles. The summed E-state index contributed by atoms with van der Waals surface area (Å²) in [5, 5.41) is 9.00. The van der Waals surface area contributed by atoms with Crippen molar-refractivity contribution >= 4 is 11.9 Å². The highest BCUT2D eigenvalue weighted by atomic mass is 19.1. The van der Waals surface area contributed by atoms with Crippen molar-refractivity contribution in [3.8, 4) is 6.07 Å². The number of nitrogens with zero attached hydrogens (tertiary/aromatic N) is 2. The molecule has 2 heterocycles. The molecule has 0 radical (unpaired) electrons. The third-order valence-corrected chi connectivity index (χ3v) is 5.32. The summed E-state index contributed by atoms with van der Waals surface area (Å²) in [6, 6.07) is 5.68. The average Bonchev–Trinajstić information content (AvgIpc) is 2.59. The van der Waals surface area contributed by atoms with Crippen LogP contribution < -0.4 is 0 Å². The maximum absolute atomic E-state index is 13.5. The molecule has 1 amide bonds. The Bertz CT molecular complexity index is 780. The van der Waals surface area contributed by atoms with Gasteiger partial charge in [0.25, 0.3) is 0 Å². The van der Waals surface area contributed by atoms with E-state index in [0.717, 1.165) is 19.3 Å². The zero-order chi connectivity index (χ0) is 19.8. The van der Waals surface area contributed by atoms with Crippen LogP contribution in [0.1, 0.15) is 68.8 Å². The zero-order valence-corrected chi connectivity index (χ0v) is 16.0. The van der Waals surface area contributed by atoms with Gasteiger partial charge < -0.3 is 9.64 Å². The molecule has 3 rings (SSSR count). The summed E-state index contributed by atoms with van der Waals surface area (Å²) in [6.07, 6.45) is 3.59. The van der Waals surface area contributed by atoms with Crippen LogP contribution in [0.5, 0.6) is 0 Å². The lowest BCUT2D eigenvalue weighted by atomic mass is 9.75. The molecule has 2 fully saturated rings. The van der Waals surface area contributed by atoms with E-state index in [0.29, 0.717) is 18.4 Å². The molecule has 0 N–H and O–H groups in total. The molecule has 0 saturated carbocycles. The van der Waals surface area contributed by atoms with Gasteiger partial charge in [0, 0.05) is 23.6 Å². The molecule has 5 nitrogen and oxygen atoms in total. The number of piperidine rings is 2. The minimum atomic E-state index is -0.620. The van der Waals surface area contributed by atoms with E-state index in [2.05, 4.69) is 0 Å². The summed E-state index contributed by atoms with van der Waals surface area (Å²) in [5.74, 6) is -0.922. The number of ketones is 1. The number of amides is 1. The lowest BCUT2D eigenvalue weighted by Crippen LogP contribution is -2.56. The maximum atomic E-state index is 13.5. The zero-order valence-electron chi connectivity index (χ0n) is 16.0. The molecule has 0 aliphatic carbocycles. The van der Waals surface area contributed by atoms with Crippen LogP contribution in [0.25, 0.3) is 0 Å². The Labute approximate surface area is 159 Å². The van der Waals surface area contributed by atoms with Gasteiger partial charge in [-0.1, -0.05) is 0 Å². The number of carbonyl (C=O) groups excluding carboxylic acids is 2. The predicted molar refractivity (Wildman–Crippen MR) is 97.7 cm³/mol. The number of nitriles is 1. The largest absolute Gasteiger partial charge is 0.444 e. The molecule has 2 bridgehead atoms. The Morgan fingerprint density at radius 2 is 1.85 bits per heavy atom. The second kappa shape index (κ2) is 7.30. The first kappa shape index (κ1) is 19.3. The molecule has 0 aromatic heterocycles. The van der Waals surface area contributed by atoms with Crippen molar-refractivity contribution in [3.63, 3.8) is 0 Å². The van der Waals surface area contributed by atoms with E-state index in [1.165, 1.54) is 18.2 Å². The monoisotopic (exact) mass is 372 g/mol. The van der Waals surface area contributed by atoms with Gasteiger partial charge in [-0.05, 0) is 71.1 Å². The van der Waals surface area contributed by atoms with E-state index in [1.54, 1.807) is 6.07 Å². The molecule has 2 atom stereocenters. The lowest BCUT2D eigenvalue weighted by molar-refractivity contribution is -0.0260. The van der Waals surface area contributed by atoms with Crippen LogP contribution in [0.4, 0.5) is 9.18 Å². The Kier molecular flexibility index (Phi) is 5.23. The van der Waals surface area contributed by atoms with Gasteiger partial charge in [-0.2, -0.15) is 5.26 Å². The van der Waals surface area contributed by atoms with Crippen molar-refractivity contribution < 1.29 is 18.7 Å². The molecule has 1 aromatic carbocycles. The van der Waals surface area contributed by atoms with Crippen molar-refractivity contribution in [2.75, 3.05) is 0 Å². The third kappa shape index (κ3) is 4.13. The van der Waals surface area contributed by atoms with E-state index in [1.807, 2.05) is 25.7 Å². The van der Waals surface area contributed by atoms with Gasteiger partial charge in [-0.3, -0.25) is 4.79 Å². The second-order valence-electron chi connectivity index (χ2n) is 8.47. The fourth-order valence-electron chi connectivity index (χ4n) is 4.21. The SMILES string of the molecule is CC(C)(C)OC(=O)N1C2CCCC1CC(C(=O)c1ccc(F)c(C#N)c1)C2. The van der Waals surface area contributed by atoms with Crippen LogP contribution in [0, 0.1) is 23.1 Å². The second-order valence-corrected chi connectivity index (χ2v) is 8.47. The summed E-state index contributed by atoms with van der Waals surface area (Å²) in [6.45, 7) is 5.54. The molecular formula is C21H25FN2O3. The molecule has 144 valence electrons. The number of halogens is 1. The molecule has 2 unspecified atom stereocenters. The Balaban J connectivity index is 1.77. The normalized spacial score (nSPS) is 24.9. The van der Waals surface area contributed by atoms with E-state index < -0.39 is 11.4 Å². The highest BCUT2D eigenvalue weighted by Gasteiger charge is 2.44. The van der Waals surface area contributed by atoms with Gasteiger partial charge in [-0.25, -0.2) is 9.18 Å². The predicted octanol–water partition coefficient (Wildman–Crippen LogP) is 4.45. The van der Waals surface area contributed by atoms with Crippen LogP contribution in [0.3, 0.4) is 0 Å². The quantitative estimate of drug-likeness (QED) is 0.719. The van der Waals surface area contributed by atoms with Gasteiger partial charge in [0.2, 0.25) is 0 Å². The number of benzene rings is 1. The van der Waals surface area contributed by atoms with E-state index >= 15 is 0 Å². The van der Waals surface area contributed by atoms with Gasteiger partial charge in [0.15, 0.2) is 5.78 Å². The number of rotatable bonds is 2. The summed E-state index contributed by atoms with van der Waals surface area (Å²) in [4.78, 5) is 27.4. The minimum absolute atomic E-state index is 0.0165. The van der Waals surface area contributed by atoms with Crippen LogP contribution >= 0.6 is 0 Å². The summed E-state index contributed by atoms with van der Waals surface area (Å²) in [5.41, 5.74) is -0.311. The molecular weight excluding hydrogens is 347 g/mol. The smallest absolute Gasteiger partial charge is 0.410 e. The van der Waals surface area contributed by atoms with E-state index in [-0.39, 0.29) is 35.4 Å². The number of Topliss-reactive ketones (excluding diaryl/α,β-unsaturated/α-hetero) is 1. The van der Waals surface area contributed by atoms with Crippen LogP contribution in [-0.2, 0) is 4.74 Å².